The highest BCUT2D eigenvalue weighted by molar-refractivity contribution is 7.45. The third-order valence-electron chi connectivity index (χ3n) is 7.17. The zero-order chi connectivity index (χ0) is 30.7. The van der Waals surface area contributed by atoms with Crippen molar-refractivity contribution in [2.45, 2.75) is 148 Å². The van der Waals surface area contributed by atoms with E-state index in [0.29, 0.717) is 13.0 Å². The van der Waals surface area contributed by atoms with Crippen molar-refractivity contribution in [3.8, 4) is 0 Å². The van der Waals surface area contributed by atoms with Gasteiger partial charge in [-0.05, 0) is 25.7 Å². The van der Waals surface area contributed by atoms with Crippen LogP contribution in [0, 0.1) is 0 Å². The first-order valence-corrected chi connectivity index (χ1v) is 18.2. The minimum Gasteiger partial charge on any atom is -0.756 e. The molecule has 0 aliphatic heterocycles. The molecule has 0 saturated heterocycles. The molecule has 0 fully saturated rings. The highest BCUT2D eigenvalue weighted by Gasteiger charge is 2.18. The van der Waals surface area contributed by atoms with Gasteiger partial charge in [-0.2, -0.15) is 0 Å². The zero-order valence-electron chi connectivity index (χ0n) is 27.5. The molecular weight excluding hydrogens is 541 g/mol. The molecule has 0 spiro atoms. The van der Waals surface area contributed by atoms with Gasteiger partial charge in [0.05, 0.1) is 47.5 Å². The number of phosphoric acid groups is 1. The van der Waals surface area contributed by atoms with Crippen LogP contribution in [0.5, 0.6) is 0 Å². The van der Waals surface area contributed by atoms with E-state index in [0.717, 1.165) is 43.1 Å². The SMILES string of the molecule is CCCCCCCCCCCCCCCCCCOCC(COP(=O)([O-])OCCCCCC[N+](C)(C)C)OC(C)=O. The number of ether oxygens (including phenoxy) is 2. The van der Waals surface area contributed by atoms with E-state index in [2.05, 4.69) is 28.1 Å². The van der Waals surface area contributed by atoms with Gasteiger partial charge in [0.25, 0.3) is 7.82 Å². The van der Waals surface area contributed by atoms with Crippen LogP contribution in [0.2, 0.25) is 0 Å². The topological polar surface area (TPSA) is 94.1 Å². The maximum atomic E-state index is 12.1. The minimum absolute atomic E-state index is 0.0964. The summed E-state index contributed by atoms with van der Waals surface area (Å²) in [5.41, 5.74) is 0. The maximum absolute atomic E-state index is 12.1. The standard InChI is InChI=1S/C32H66NO7P/c1-6-7-8-9-10-11-12-13-14-15-16-17-18-19-21-24-27-37-29-32(40-31(2)34)30-39-41(35,36)38-28-25-22-20-23-26-33(3,4)5/h32H,6-30H2,1-5H3. The first-order valence-electron chi connectivity index (χ1n) is 16.7. The summed E-state index contributed by atoms with van der Waals surface area (Å²) < 4.78 is 33.8. The van der Waals surface area contributed by atoms with Gasteiger partial charge in [-0.15, -0.1) is 0 Å². The van der Waals surface area contributed by atoms with Gasteiger partial charge in [0.15, 0.2) is 0 Å². The smallest absolute Gasteiger partial charge is 0.303 e. The molecule has 0 amide bonds. The monoisotopic (exact) mass is 607 g/mol. The molecular formula is C32H66NO7P. The summed E-state index contributed by atoms with van der Waals surface area (Å²) in [5, 5.41) is 0. The van der Waals surface area contributed by atoms with Crippen LogP contribution in [0.15, 0.2) is 0 Å². The summed E-state index contributed by atoms with van der Waals surface area (Å²) in [6.45, 7) is 5.09. The first kappa shape index (κ1) is 40.5. The Balaban J connectivity index is 3.74. The summed E-state index contributed by atoms with van der Waals surface area (Å²) >= 11 is 0. The zero-order valence-corrected chi connectivity index (χ0v) is 28.4. The molecule has 0 aliphatic carbocycles. The second-order valence-corrected chi connectivity index (χ2v) is 14.0. The van der Waals surface area contributed by atoms with Gasteiger partial charge in [0, 0.05) is 13.5 Å². The van der Waals surface area contributed by atoms with E-state index in [9.17, 15) is 14.3 Å². The minimum atomic E-state index is -4.45. The van der Waals surface area contributed by atoms with Gasteiger partial charge >= 0.3 is 5.97 Å². The number of hydrogen-bond donors (Lipinski definition) is 0. The predicted molar refractivity (Wildman–Crippen MR) is 167 cm³/mol. The summed E-state index contributed by atoms with van der Waals surface area (Å²) in [5.74, 6) is -0.500. The molecule has 0 aromatic rings. The molecule has 0 rings (SSSR count). The van der Waals surface area contributed by atoms with Crippen LogP contribution >= 0.6 is 7.82 Å². The number of quaternary nitrogens is 1. The Morgan fingerprint density at radius 3 is 1.56 bits per heavy atom. The van der Waals surface area contributed by atoms with Gasteiger partial charge in [-0.1, -0.05) is 110 Å². The van der Waals surface area contributed by atoms with Gasteiger partial charge < -0.3 is 27.9 Å². The number of carbonyl (C=O) groups is 1. The average molecular weight is 608 g/mol. The quantitative estimate of drug-likeness (QED) is 0.0341. The van der Waals surface area contributed by atoms with Crippen LogP contribution in [0.1, 0.15) is 142 Å². The number of unbranched alkanes of at least 4 members (excludes halogenated alkanes) is 18. The second-order valence-electron chi connectivity index (χ2n) is 12.6. The highest BCUT2D eigenvalue weighted by Crippen LogP contribution is 2.38. The van der Waals surface area contributed by atoms with Crippen LogP contribution in [-0.4, -0.2) is 70.7 Å². The number of nitrogens with zero attached hydrogens (tertiary/aromatic N) is 1. The number of rotatable bonds is 31. The fourth-order valence-electron chi connectivity index (χ4n) is 4.75. The molecule has 0 heterocycles. The van der Waals surface area contributed by atoms with Gasteiger partial charge in [-0.3, -0.25) is 9.36 Å². The summed E-state index contributed by atoms with van der Waals surface area (Å²) in [7, 11) is 2.02. The Bertz CT molecular complexity index is 642. The van der Waals surface area contributed by atoms with E-state index in [-0.39, 0.29) is 19.8 Å². The fraction of sp³-hybridized carbons (Fsp3) is 0.969. The van der Waals surface area contributed by atoms with E-state index >= 15 is 0 Å². The maximum Gasteiger partial charge on any atom is 0.303 e. The lowest BCUT2D eigenvalue weighted by atomic mass is 10.0. The average Bonchev–Trinajstić information content (AvgIpc) is 2.89. The van der Waals surface area contributed by atoms with Crippen molar-refractivity contribution in [1.29, 1.82) is 0 Å². The predicted octanol–water partition coefficient (Wildman–Crippen LogP) is 7.96. The number of phosphoric ester groups is 1. The molecule has 2 atom stereocenters. The van der Waals surface area contributed by atoms with Crippen molar-refractivity contribution in [3.63, 3.8) is 0 Å². The lowest BCUT2D eigenvalue weighted by Crippen LogP contribution is -2.35. The third-order valence-corrected chi connectivity index (χ3v) is 8.13. The molecule has 0 aliphatic rings. The summed E-state index contributed by atoms with van der Waals surface area (Å²) in [4.78, 5) is 23.5. The van der Waals surface area contributed by atoms with E-state index in [1.807, 2.05) is 0 Å². The molecule has 8 nitrogen and oxygen atoms in total. The Hall–Kier alpha value is -0.500. The lowest BCUT2D eigenvalue weighted by Gasteiger charge is -2.25. The van der Waals surface area contributed by atoms with Crippen LogP contribution in [-0.2, 0) is 27.9 Å². The number of carbonyl (C=O) groups excluding carboxylic acids is 1. The van der Waals surface area contributed by atoms with Crippen LogP contribution < -0.4 is 4.89 Å². The van der Waals surface area contributed by atoms with Crippen LogP contribution in [0.4, 0.5) is 0 Å². The Kier molecular flexibility index (Phi) is 26.7. The fourth-order valence-corrected chi connectivity index (χ4v) is 5.52. The molecule has 0 radical (unpaired) electrons. The van der Waals surface area contributed by atoms with Crippen molar-refractivity contribution in [3.05, 3.63) is 0 Å². The molecule has 9 heteroatoms. The second kappa shape index (κ2) is 27.1. The Morgan fingerprint density at radius 2 is 1.10 bits per heavy atom. The molecule has 0 aromatic heterocycles. The molecule has 0 bridgehead atoms. The van der Waals surface area contributed by atoms with E-state index in [1.54, 1.807) is 0 Å². The van der Waals surface area contributed by atoms with Gasteiger partial charge in [0.2, 0.25) is 0 Å². The van der Waals surface area contributed by atoms with Gasteiger partial charge in [0.1, 0.15) is 6.10 Å². The van der Waals surface area contributed by atoms with Crippen LogP contribution in [0.3, 0.4) is 0 Å². The van der Waals surface area contributed by atoms with E-state index < -0.39 is 19.9 Å². The van der Waals surface area contributed by atoms with Crippen molar-refractivity contribution in [1.82, 2.24) is 0 Å². The highest BCUT2D eigenvalue weighted by atomic mass is 31.2. The Labute approximate surface area is 253 Å². The molecule has 0 saturated carbocycles. The van der Waals surface area contributed by atoms with Gasteiger partial charge in [-0.25, -0.2) is 0 Å². The number of hydrogen-bond acceptors (Lipinski definition) is 7. The van der Waals surface area contributed by atoms with Crippen molar-refractivity contribution < 1.29 is 37.3 Å². The number of esters is 1. The molecule has 41 heavy (non-hydrogen) atoms. The van der Waals surface area contributed by atoms with Crippen molar-refractivity contribution in [2.24, 2.45) is 0 Å². The summed E-state index contributed by atoms with van der Waals surface area (Å²) in [6.07, 6.45) is 23.9. The van der Waals surface area contributed by atoms with Crippen molar-refractivity contribution in [2.75, 3.05) is 54.1 Å². The largest absolute Gasteiger partial charge is 0.756 e. The molecule has 2 unspecified atom stereocenters. The van der Waals surface area contributed by atoms with Crippen molar-refractivity contribution >= 4 is 13.8 Å². The third kappa shape index (κ3) is 32.3. The molecule has 246 valence electrons. The lowest BCUT2D eigenvalue weighted by molar-refractivity contribution is -0.870. The first-order chi connectivity index (χ1) is 19.6. The van der Waals surface area contributed by atoms with E-state index in [4.69, 9.17) is 18.5 Å². The summed E-state index contributed by atoms with van der Waals surface area (Å²) in [6, 6.07) is 0. The van der Waals surface area contributed by atoms with Crippen LogP contribution in [0.25, 0.3) is 0 Å². The molecule has 0 N–H and O–H groups in total. The molecule has 0 aromatic carbocycles. The Morgan fingerprint density at radius 1 is 0.659 bits per heavy atom. The van der Waals surface area contributed by atoms with E-state index in [1.165, 1.54) is 96.8 Å². The normalized spacial score (nSPS) is 14.2.